The highest BCUT2D eigenvalue weighted by Gasteiger charge is 2.07. The molecule has 0 spiro atoms. The lowest BCUT2D eigenvalue weighted by Gasteiger charge is -2.12. The molecule has 0 saturated heterocycles. The Balaban J connectivity index is 1.87. The van der Waals surface area contributed by atoms with Gasteiger partial charge in [0.25, 0.3) is 5.91 Å². The fourth-order valence-corrected chi connectivity index (χ4v) is 1.98. The Morgan fingerprint density at radius 1 is 1.18 bits per heavy atom. The van der Waals surface area contributed by atoms with Gasteiger partial charge in [0.1, 0.15) is 5.76 Å². The van der Waals surface area contributed by atoms with Crippen LogP contribution in [0.15, 0.2) is 45.8 Å². The van der Waals surface area contributed by atoms with Crippen LogP contribution in [0.5, 0.6) is 0 Å². The van der Waals surface area contributed by atoms with E-state index in [2.05, 4.69) is 34.7 Å². The molecule has 0 fully saturated rings. The molecule has 2 aromatic rings. The number of benzene rings is 1. The standard InChI is InChI=1S/C16H20N4O2/c1-11-5-3-4-6-12(11)9-19-16(18-2)20-10-13-7-8-14(22-13)15(17)21/h3-8H,9-10H2,1-2H3,(H2,17,21)(H2,18,19,20). The zero-order chi connectivity index (χ0) is 15.9. The molecule has 22 heavy (non-hydrogen) atoms. The third-order valence-corrected chi connectivity index (χ3v) is 3.27. The van der Waals surface area contributed by atoms with E-state index in [9.17, 15) is 4.79 Å². The number of nitrogens with zero attached hydrogens (tertiary/aromatic N) is 1. The number of nitrogens with one attached hydrogen (secondary N) is 2. The lowest BCUT2D eigenvalue weighted by molar-refractivity contribution is 0.0972. The third kappa shape index (κ3) is 4.12. The van der Waals surface area contributed by atoms with Crippen LogP contribution >= 0.6 is 0 Å². The van der Waals surface area contributed by atoms with Gasteiger partial charge in [-0.1, -0.05) is 24.3 Å². The second kappa shape index (κ2) is 7.31. The van der Waals surface area contributed by atoms with Crippen LogP contribution in [-0.4, -0.2) is 18.9 Å². The molecule has 6 heteroatoms. The first-order chi connectivity index (χ1) is 10.6. The zero-order valence-corrected chi connectivity index (χ0v) is 12.7. The van der Waals surface area contributed by atoms with E-state index in [1.807, 2.05) is 12.1 Å². The molecule has 0 atom stereocenters. The van der Waals surface area contributed by atoms with E-state index in [1.165, 1.54) is 11.1 Å². The first kappa shape index (κ1) is 15.6. The Morgan fingerprint density at radius 3 is 2.55 bits per heavy atom. The van der Waals surface area contributed by atoms with E-state index in [0.717, 1.165) is 0 Å². The highest BCUT2D eigenvalue weighted by molar-refractivity contribution is 5.89. The van der Waals surface area contributed by atoms with Gasteiger partial charge in [-0.15, -0.1) is 0 Å². The summed E-state index contributed by atoms with van der Waals surface area (Å²) in [7, 11) is 1.70. The molecular weight excluding hydrogens is 280 g/mol. The highest BCUT2D eigenvalue weighted by atomic mass is 16.3. The van der Waals surface area contributed by atoms with Crippen molar-refractivity contribution in [3.8, 4) is 0 Å². The monoisotopic (exact) mass is 300 g/mol. The van der Waals surface area contributed by atoms with Crippen LogP contribution in [-0.2, 0) is 13.1 Å². The summed E-state index contributed by atoms with van der Waals surface area (Å²) in [5.41, 5.74) is 7.58. The van der Waals surface area contributed by atoms with Crippen LogP contribution in [0.2, 0.25) is 0 Å². The molecule has 1 aromatic carbocycles. The van der Waals surface area contributed by atoms with Gasteiger partial charge in [0.2, 0.25) is 0 Å². The SMILES string of the molecule is CN=C(NCc1ccc(C(N)=O)o1)NCc1ccccc1C. The number of nitrogens with two attached hydrogens (primary N) is 1. The van der Waals surface area contributed by atoms with Crippen LogP contribution < -0.4 is 16.4 Å². The maximum Gasteiger partial charge on any atom is 0.284 e. The molecular formula is C16H20N4O2. The number of primary amides is 1. The second-order valence-corrected chi connectivity index (χ2v) is 4.84. The topological polar surface area (TPSA) is 92.6 Å². The number of amides is 1. The van der Waals surface area contributed by atoms with Crippen molar-refractivity contribution in [1.82, 2.24) is 10.6 Å². The van der Waals surface area contributed by atoms with E-state index in [1.54, 1.807) is 19.2 Å². The van der Waals surface area contributed by atoms with E-state index in [-0.39, 0.29) is 5.76 Å². The van der Waals surface area contributed by atoms with Crippen molar-refractivity contribution in [2.45, 2.75) is 20.0 Å². The average Bonchev–Trinajstić information content (AvgIpc) is 2.98. The lowest BCUT2D eigenvalue weighted by Crippen LogP contribution is -2.36. The van der Waals surface area contributed by atoms with Gasteiger partial charge in [0.05, 0.1) is 6.54 Å². The van der Waals surface area contributed by atoms with Gasteiger partial charge in [0, 0.05) is 13.6 Å². The predicted octanol–water partition coefficient (Wildman–Crippen LogP) is 1.55. The molecule has 0 aliphatic rings. The number of hydrogen-bond donors (Lipinski definition) is 3. The van der Waals surface area contributed by atoms with Crippen LogP contribution in [0.25, 0.3) is 0 Å². The van der Waals surface area contributed by atoms with Crippen molar-refractivity contribution in [3.63, 3.8) is 0 Å². The number of hydrogen-bond acceptors (Lipinski definition) is 3. The molecule has 0 bridgehead atoms. The van der Waals surface area contributed by atoms with Gasteiger partial charge in [-0.05, 0) is 30.2 Å². The quantitative estimate of drug-likeness (QED) is 0.577. The summed E-state index contributed by atoms with van der Waals surface area (Å²) >= 11 is 0. The number of rotatable bonds is 5. The van der Waals surface area contributed by atoms with Crippen molar-refractivity contribution in [1.29, 1.82) is 0 Å². The van der Waals surface area contributed by atoms with Crippen LogP contribution in [0, 0.1) is 6.92 Å². The molecule has 0 radical (unpaired) electrons. The predicted molar refractivity (Wildman–Crippen MR) is 85.4 cm³/mol. The summed E-state index contributed by atoms with van der Waals surface area (Å²) in [5, 5.41) is 6.35. The summed E-state index contributed by atoms with van der Waals surface area (Å²) in [6, 6.07) is 11.4. The summed E-state index contributed by atoms with van der Waals surface area (Å²) < 4.78 is 5.30. The maximum absolute atomic E-state index is 11.0. The van der Waals surface area contributed by atoms with Gasteiger partial charge in [-0.25, -0.2) is 0 Å². The van der Waals surface area contributed by atoms with Gasteiger partial charge in [-0.3, -0.25) is 9.79 Å². The molecule has 6 nitrogen and oxygen atoms in total. The molecule has 4 N–H and O–H groups in total. The first-order valence-electron chi connectivity index (χ1n) is 6.97. The number of aryl methyl sites for hydroxylation is 1. The minimum atomic E-state index is -0.576. The Kier molecular flexibility index (Phi) is 5.19. The number of carbonyl (C=O) groups is 1. The van der Waals surface area contributed by atoms with Gasteiger partial charge < -0.3 is 20.8 Å². The number of aliphatic imine (C=N–C) groups is 1. The minimum absolute atomic E-state index is 0.152. The van der Waals surface area contributed by atoms with Crippen LogP contribution in [0.4, 0.5) is 0 Å². The van der Waals surface area contributed by atoms with Crippen LogP contribution in [0.3, 0.4) is 0 Å². The summed E-state index contributed by atoms with van der Waals surface area (Å²) in [5.74, 6) is 0.848. The van der Waals surface area contributed by atoms with E-state index >= 15 is 0 Å². The van der Waals surface area contributed by atoms with Crippen molar-refractivity contribution in [2.75, 3.05) is 7.05 Å². The number of furan rings is 1. The minimum Gasteiger partial charge on any atom is -0.454 e. The Labute approximate surface area is 129 Å². The molecule has 0 aliphatic heterocycles. The Bertz CT molecular complexity index is 676. The number of carbonyl (C=O) groups excluding carboxylic acids is 1. The maximum atomic E-state index is 11.0. The Morgan fingerprint density at radius 2 is 1.91 bits per heavy atom. The molecule has 1 aromatic heterocycles. The zero-order valence-electron chi connectivity index (χ0n) is 12.7. The van der Waals surface area contributed by atoms with Crippen LogP contribution in [0.1, 0.15) is 27.4 Å². The van der Waals surface area contributed by atoms with E-state index < -0.39 is 5.91 Å². The van der Waals surface area contributed by atoms with E-state index in [4.69, 9.17) is 10.2 Å². The molecule has 1 amide bonds. The van der Waals surface area contributed by atoms with E-state index in [0.29, 0.717) is 24.8 Å². The fraction of sp³-hybridized carbons (Fsp3) is 0.250. The second-order valence-electron chi connectivity index (χ2n) is 4.84. The van der Waals surface area contributed by atoms with Crippen molar-refractivity contribution in [3.05, 3.63) is 59.0 Å². The first-order valence-corrected chi connectivity index (χ1v) is 6.97. The van der Waals surface area contributed by atoms with Crippen molar-refractivity contribution < 1.29 is 9.21 Å². The van der Waals surface area contributed by atoms with Gasteiger partial charge in [-0.2, -0.15) is 0 Å². The highest BCUT2D eigenvalue weighted by Crippen LogP contribution is 2.07. The molecule has 2 rings (SSSR count). The molecule has 0 saturated carbocycles. The smallest absolute Gasteiger partial charge is 0.284 e. The molecule has 1 heterocycles. The molecule has 116 valence electrons. The lowest BCUT2D eigenvalue weighted by atomic mass is 10.1. The fourth-order valence-electron chi connectivity index (χ4n) is 1.98. The summed E-state index contributed by atoms with van der Waals surface area (Å²) in [6.07, 6.45) is 0. The molecule has 0 aliphatic carbocycles. The van der Waals surface area contributed by atoms with Gasteiger partial charge >= 0.3 is 0 Å². The Hall–Kier alpha value is -2.76. The van der Waals surface area contributed by atoms with Crippen molar-refractivity contribution >= 4 is 11.9 Å². The third-order valence-electron chi connectivity index (χ3n) is 3.27. The summed E-state index contributed by atoms with van der Waals surface area (Å²) in [4.78, 5) is 15.1. The van der Waals surface area contributed by atoms with Gasteiger partial charge in [0.15, 0.2) is 11.7 Å². The number of guanidine groups is 1. The largest absolute Gasteiger partial charge is 0.454 e. The van der Waals surface area contributed by atoms with Crippen molar-refractivity contribution in [2.24, 2.45) is 10.7 Å². The normalized spacial score (nSPS) is 11.3. The summed E-state index contributed by atoms with van der Waals surface area (Å²) in [6.45, 7) is 3.17. The molecule has 0 unspecified atom stereocenters. The average molecular weight is 300 g/mol.